The van der Waals surface area contributed by atoms with E-state index in [1.165, 1.54) is 0 Å². The summed E-state index contributed by atoms with van der Waals surface area (Å²) in [5.41, 5.74) is 4.55. The molecule has 1 aliphatic rings. The van der Waals surface area contributed by atoms with E-state index >= 15 is 0 Å². The Morgan fingerprint density at radius 2 is 1.93 bits per heavy atom. The number of methoxy groups -OCH3 is 1. The van der Waals surface area contributed by atoms with Gasteiger partial charge in [0.15, 0.2) is 11.7 Å². The van der Waals surface area contributed by atoms with Crippen LogP contribution in [0.2, 0.25) is 0 Å². The lowest BCUT2D eigenvalue weighted by Crippen LogP contribution is -2.49. The molecule has 0 aliphatic carbocycles. The van der Waals surface area contributed by atoms with E-state index in [2.05, 4.69) is 31.1 Å². The van der Waals surface area contributed by atoms with E-state index in [1.807, 2.05) is 58.9 Å². The molecular weight excluding hydrogens is 515 g/mol. The number of unbranched alkanes of at least 4 members (excludes halogenated alkanes) is 1. The average molecular weight is 558 g/mol. The van der Waals surface area contributed by atoms with Crippen LogP contribution in [0.25, 0.3) is 11.8 Å². The zero-order valence-corrected chi connectivity index (χ0v) is 24.2. The Kier molecular flexibility index (Phi) is 14.0. The van der Waals surface area contributed by atoms with Crippen LogP contribution in [0.15, 0.2) is 78.4 Å². The van der Waals surface area contributed by atoms with Crippen molar-refractivity contribution in [3.8, 4) is 5.69 Å². The minimum atomic E-state index is -1.46. The Labute approximate surface area is 236 Å². The predicted molar refractivity (Wildman–Crippen MR) is 158 cm³/mol. The minimum Gasteiger partial charge on any atom is -0.380 e. The van der Waals surface area contributed by atoms with Gasteiger partial charge in [-0.05, 0) is 56.0 Å². The number of amidine groups is 1. The fourth-order valence-corrected chi connectivity index (χ4v) is 4.35. The van der Waals surface area contributed by atoms with E-state index in [1.54, 1.807) is 13.4 Å². The number of halogens is 3. The molecule has 9 heteroatoms. The maximum Gasteiger partial charge on any atom is 0.167 e. The zero-order chi connectivity index (χ0) is 29.5. The van der Waals surface area contributed by atoms with Crippen LogP contribution >= 0.6 is 0 Å². The van der Waals surface area contributed by atoms with Gasteiger partial charge in [0.25, 0.3) is 0 Å². The molecule has 0 atom stereocenters. The first kappa shape index (κ1) is 32.6. The smallest absolute Gasteiger partial charge is 0.167 e. The summed E-state index contributed by atoms with van der Waals surface area (Å²) in [5.74, 6) is -1.81. The van der Waals surface area contributed by atoms with Crippen LogP contribution in [0.5, 0.6) is 0 Å². The molecule has 0 N–H and O–H groups in total. The van der Waals surface area contributed by atoms with Gasteiger partial charge >= 0.3 is 0 Å². The number of hydrogen-bond donors (Lipinski definition) is 0. The normalized spacial score (nSPS) is 14.7. The lowest BCUT2D eigenvalue weighted by molar-refractivity contribution is 0.0751. The first-order chi connectivity index (χ1) is 19.4. The number of nitrogens with zero attached hydrogens (tertiary/aromatic N) is 5. The maximum atomic E-state index is 14.3. The van der Waals surface area contributed by atoms with E-state index in [0.717, 1.165) is 53.7 Å². The van der Waals surface area contributed by atoms with Crippen LogP contribution in [0, 0.1) is 6.92 Å². The predicted octanol–water partition coefficient (Wildman–Crippen LogP) is 7.68. The first-order valence-corrected chi connectivity index (χ1v) is 13.6. The van der Waals surface area contributed by atoms with Crippen molar-refractivity contribution in [1.29, 1.82) is 0 Å². The summed E-state index contributed by atoms with van der Waals surface area (Å²) in [6.45, 7) is 12.7. The molecule has 0 radical (unpaired) electrons. The van der Waals surface area contributed by atoms with Gasteiger partial charge in [0.05, 0.1) is 37.4 Å². The van der Waals surface area contributed by atoms with Crippen molar-refractivity contribution in [2.75, 3.05) is 33.4 Å². The number of alkyl halides is 1. The number of hydrazine groups is 1. The quantitative estimate of drug-likeness (QED) is 0.187. The van der Waals surface area contributed by atoms with E-state index in [0.29, 0.717) is 38.4 Å². The second kappa shape index (κ2) is 17.2. The van der Waals surface area contributed by atoms with Crippen LogP contribution in [0.3, 0.4) is 0 Å². The largest absolute Gasteiger partial charge is 0.380 e. The molecule has 0 bridgehead atoms. The number of hydrogen-bond acceptors (Lipinski definition) is 5. The Hall–Kier alpha value is -3.59. The molecule has 0 amide bonds. The first-order valence-electron chi connectivity index (χ1n) is 13.6. The molecule has 1 aliphatic heterocycles. The monoisotopic (exact) mass is 557 g/mol. The van der Waals surface area contributed by atoms with E-state index in [9.17, 15) is 13.2 Å². The summed E-state index contributed by atoms with van der Waals surface area (Å²) >= 11 is 0. The van der Waals surface area contributed by atoms with Gasteiger partial charge in [-0.25, -0.2) is 18.2 Å². The Morgan fingerprint density at radius 1 is 1.15 bits per heavy atom. The molecule has 0 unspecified atom stereocenters. The van der Waals surface area contributed by atoms with Crippen molar-refractivity contribution in [2.45, 2.75) is 53.1 Å². The molecule has 1 aromatic carbocycles. The Bertz CT molecular complexity index is 1200. The van der Waals surface area contributed by atoms with Gasteiger partial charge in [0.2, 0.25) is 0 Å². The number of aromatic nitrogens is 2. The van der Waals surface area contributed by atoms with Crippen LogP contribution < -0.4 is 0 Å². The molecule has 40 heavy (non-hydrogen) atoms. The van der Waals surface area contributed by atoms with Crippen molar-refractivity contribution in [3.05, 3.63) is 90.2 Å². The second-order valence-corrected chi connectivity index (χ2v) is 9.19. The zero-order valence-electron chi connectivity index (χ0n) is 24.2. The van der Waals surface area contributed by atoms with Crippen molar-refractivity contribution < 1.29 is 17.9 Å². The lowest BCUT2D eigenvalue weighted by atomic mass is 10.1. The number of ether oxygens (including phenoxy) is 1. The minimum absolute atomic E-state index is 0.449. The highest BCUT2D eigenvalue weighted by molar-refractivity contribution is 5.96. The number of aliphatic imine (C=N–C) groups is 1. The summed E-state index contributed by atoms with van der Waals surface area (Å²) in [4.78, 5) is 9.05. The van der Waals surface area contributed by atoms with Crippen molar-refractivity contribution in [1.82, 2.24) is 19.6 Å². The third-order valence-electron chi connectivity index (χ3n) is 6.18. The lowest BCUT2D eigenvalue weighted by Gasteiger charge is -2.42. The molecule has 1 aromatic heterocycles. The Balaban J connectivity index is 0.00000274. The highest BCUT2D eigenvalue weighted by Crippen LogP contribution is 2.24. The SMILES string of the molecule is C=C.CCCC/C(=C\C(F)=C(\F)CF)N1CCN=C(/C=C/c2ccc(-n3cnc(C)c3)c(COC)c2)N1CCC. The summed E-state index contributed by atoms with van der Waals surface area (Å²) in [6, 6.07) is 6.13. The topological polar surface area (TPSA) is 45.9 Å². The van der Waals surface area contributed by atoms with Crippen LogP contribution in [0.4, 0.5) is 13.2 Å². The fraction of sp³-hybridized carbons (Fsp3) is 0.419. The summed E-state index contributed by atoms with van der Waals surface area (Å²) in [5, 5.41) is 3.96. The van der Waals surface area contributed by atoms with Gasteiger partial charge in [-0.15, -0.1) is 13.2 Å². The fourth-order valence-electron chi connectivity index (χ4n) is 4.35. The van der Waals surface area contributed by atoms with Crippen LogP contribution in [-0.4, -0.2) is 58.8 Å². The molecule has 2 heterocycles. The third-order valence-corrected chi connectivity index (χ3v) is 6.18. The highest BCUT2D eigenvalue weighted by atomic mass is 19.2. The standard InChI is InChI=1S/C29H38F3N5O.C2H4/c1-5-7-8-25(17-26(31)27(32)18-30)36-15-13-33-29(37(36)14-6-2)12-10-23-9-11-28(24(16-23)20-38-4)35-19-22(3)34-21-35;1-2/h9-12,16-17,19,21H,5-8,13-15,18,20H2,1-4H3;1-2H2/b12-10+,25-17+,27-26-;. The molecule has 218 valence electrons. The van der Waals surface area contributed by atoms with E-state index in [-0.39, 0.29) is 0 Å². The Morgan fingerprint density at radius 3 is 2.55 bits per heavy atom. The molecule has 0 fully saturated rings. The van der Waals surface area contributed by atoms with Gasteiger partial charge in [-0.1, -0.05) is 32.4 Å². The highest BCUT2D eigenvalue weighted by Gasteiger charge is 2.24. The van der Waals surface area contributed by atoms with E-state index < -0.39 is 18.3 Å². The number of imidazole rings is 1. The number of aryl methyl sites for hydroxylation is 1. The van der Waals surface area contributed by atoms with Crippen LogP contribution in [-0.2, 0) is 11.3 Å². The van der Waals surface area contributed by atoms with Gasteiger partial charge in [-0.2, -0.15) is 0 Å². The number of benzene rings is 1. The molecule has 3 rings (SSSR count). The van der Waals surface area contributed by atoms with Gasteiger partial charge in [0, 0.05) is 31.1 Å². The summed E-state index contributed by atoms with van der Waals surface area (Å²) in [6.07, 6.45) is 11.9. The van der Waals surface area contributed by atoms with Crippen LogP contribution in [0.1, 0.15) is 56.4 Å². The second-order valence-electron chi connectivity index (χ2n) is 9.19. The molecular formula is C31H42F3N5O. The molecule has 0 spiro atoms. The molecule has 0 saturated heterocycles. The van der Waals surface area contributed by atoms with Gasteiger partial charge in [-0.3, -0.25) is 15.0 Å². The van der Waals surface area contributed by atoms with E-state index in [4.69, 9.17) is 9.73 Å². The van der Waals surface area contributed by atoms with Gasteiger partial charge < -0.3 is 9.30 Å². The molecule has 6 nitrogen and oxygen atoms in total. The van der Waals surface area contributed by atoms with Crippen molar-refractivity contribution in [2.24, 2.45) is 4.99 Å². The number of allylic oxidation sites excluding steroid dienone is 4. The summed E-state index contributed by atoms with van der Waals surface area (Å²) < 4.78 is 48.1. The molecule has 2 aromatic rings. The maximum absolute atomic E-state index is 14.3. The average Bonchev–Trinajstić information content (AvgIpc) is 3.41. The number of rotatable bonds is 13. The molecule has 0 saturated carbocycles. The van der Waals surface area contributed by atoms with Gasteiger partial charge in [0.1, 0.15) is 12.5 Å². The van der Waals surface area contributed by atoms with Crippen molar-refractivity contribution in [3.63, 3.8) is 0 Å². The summed E-state index contributed by atoms with van der Waals surface area (Å²) in [7, 11) is 1.67. The third kappa shape index (κ3) is 8.98. The van der Waals surface area contributed by atoms with Crippen molar-refractivity contribution >= 4 is 11.9 Å².